The number of thioether (sulfide) groups is 1. The molecule has 0 spiro atoms. The lowest BCUT2D eigenvalue weighted by atomic mass is 9.99. The van der Waals surface area contributed by atoms with E-state index in [0.29, 0.717) is 10.3 Å². The van der Waals surface area contributed by atoms with Crippen LogP contribution in [-0.2, 0) is 31.9 Å². The number of aromatic nitrogens is 4. The summed E-state index contributed by atoms with van der Waals surface area (Å²) in [5.41, 5.74) is 1.78. The molecule has 2 aromatic heterocycles. The average molecular weight is 613 g/mol. The van der Waals surface area contributed by atoms with Crippen LogP contribution in [-0.4, -0.2) is 71.1 Å². The zero-order valence-corrected chi connectivity index (χ0v) is 25.3. The first-order chi connectivity index (χ1) is 20.1. The van der Waals surface area contributed by atoms with Gasteiger partial charge in [0.15, 0.2) is 0 Å². The van der Waals surface area contributed by atoms with Crippen LogP contribution in [0.2, 0.25) is 0 Å². The SMILES string of the molecule is COCC(C(=O)Nc1nnc(CCSCCc2nnc(NC(=O)C(COC)c3ccccc3)s2)s1)c1ccccc1. The lowest BCUT2D eigenvalue weighted by molar-refractivity contribution is -0.119. The number of methoxy groups -OCH3 is 2. The number of hydrogen-bond donors (Lipinski definition) is 2. The molecule has 2 unspecified atom stereocenters. The van der Waals surface area contributed by atoms with Gasteiger partial charge in [-0.25, -0.2) is 0 Å². The molecule has 10 nitrogen and oxygen atoms in total. The normalized spacial score (nSPS) is 12.5. The van der Waals surface area contributed by atoms with Crippen LogP contribution in [0.5, 0.6) is 0 Å². The van der Waals surface area contributed by atoms with Crippen LogP contribution in [0.3, 0.4) is 0 Å². The molecule has 2 atom stereocenters. The quantitative estimate of drug-likeness (QED) is 0.174. The molecule has 216 valence electrons. The lowest BCUT2D eigenvalue weighted by Crippen LogP contribution is -2.24. The van der Waals surface area contributed by atoms with Gasteiger partial charge in [0.05, 0.1) is 25.0 Å². The van der Waals surface area contributed by atoms with Crippen molar-refractivity contribution < 1.29 is 19.1 Å². The van der Waals surface area contributed by atoms with Crippen LogP contribution < -0.4 is 10.6 Å². The van der Waals surface area contributed by atoms with E-state index in [4.69, 9.17) is 9.47 Å². The van der Waals surface area contributed by atoms with Gasteiger partial charge in [0, 0.05) is 27.1 Å². The molecule has 0 aliphatic heterocycles. The molecule has 0 aliphatic rings. The molecule has 2 heterocycles. The first-order valence-electron chi connectivity index (χ1n) is 13.0. The van der Waals surface area contributed by atoms with Crippen molar-refractivity contribution >= 4 is 56.5 Å². The Morgan fingerprint density at radius 2 is 1.12 bits per heavy atom. The zero-order valence-electron chi connectivity index (χ0n) is 22.8. The molecule has 41 heavy (non-hydrogen) atoms. The Balaban J connectivity index is 1.18. The van der Waals surface area contributed by atoms with Gasteiger partial charge in [-0.2, -0.15) is 11.8 Å². The summed E-state index contributed by atoms with van der Waals surface area (Å²) < 4.78 is 10.5. The Bertz CT molecular complexity index is 1270. The number of carbonyl (C=O) groups is 2. The van der Waals surface area contributed by atoms with Crippen LogP contribution in [0.1, 0.15) is 33.0 Å². The third-order valence-corrected chi connectivity index (χ3v) is 8.80. The topological polar surface area (TPSA) is 128 Å². The maximum Gasteiger partial charge on any atom is 0.236 e. The number of amides is 2. The van der Waals surface area contributed by atoms with Crippen LogP contribution in [0, 0.1) is 0 Å². The standard InChI is InChI=1S/C28H32N6O4S3/c1-37-17-21(19-9-5-3-6-10-19)25(35)29-27-33-31-23(40-27)13-15-39-16-14-24-32-34-28(41-24)30-26(36)22(18-38-2)20-11-7-4-8-12-20/h3-12,21-22H,13-18H2,1-2H3,(H,29,33,35)(H,30,34,36). The molecule has 0 aliphatic carbocycles. The van der Waals surface area contributed by atoms with Crippen molar-refractivity contribution in [3.8, 4) is 0 Å². The monoisotopic (exact) mass is 612 g/mol. The molecule has 0 bridgehead atoms. The first kappa shape index (κ1) is 30.7. The Morgan fingerprint density at radius 1 is 0.707 bits per heavy atom. The average Bonchev–Trinajstić information content (AvgIpc) is 3.64. The van der Waals surface area contributed by atoms with E-state index in [9.17, 15) is 9.59 Å². The highest BCUT2D eigenvalue weighted by atomic mass is 32.2. The summed E-state index contributed by atoms with van der Waals surface area (Å²) >= 11 is 4.54. The molecule has 0 saturated heterocycles. The summed E-state index contributed by atoms with van der Waals surface area (Å²) in [4.78, 5) is 25.7. The van der Waals surface area contributed by atoms with Gasteiger partial charge in [0.25, 0.3) is 0 Å². The van der Waals surface area contributed by atoms with Crippen molar-refractivity contribution in [1.82, 2.24) is 20.4 Å². The molecular formula is C28H32N6O4S3. The fraction of sp³-hybridized carbons (Fsp3) is 0.357. The number of hydrogen-bond acceptors (Lipinski definition) is 11. The summed E-state index contributed by atoms with van der Waals surface area (Å²) in [5, 5.41) is 25.2. The minimum Gasteiger partial charge on any atom is -0.384 e. The molecule has 13 heteroatoms. The molecular weight excluding hydrogens is 581 g/mol. The molecule has 2 amide bonds. The number of rotatable bonds is 16. The summed E-state index contributed by atoms with van der Waals surface area (Å²) in [7, 11) is 3.16. The van der Waals surface area contributed by atoms with Gasteiger partial charge in [0.1, 0.15) is 10.0 Å². The summed E-state index contributed by atoms with van der Waals surface area (Å²) in [6.07, 6.45) is 1.49. The summed E-state index contributed by atoms with van der Waals surface area (Å²) in [6, 6.07) is 19.1. The summed E-state index contributed by atoms with van der Waals surface area (Å²) in [6.45, 7) is 0.561. The minimum absolute atomic E-state index is 0.169. The number of carbonyl (C=O) groups excluding carboxylic acids is 2. The Morgan fingerprint density at radius 3 is 1.51 bits per heavy atom. The van der Waals surface area contributed by atoms with Crippen molar-refractivity contribution in [2.24, 2.45) is 0 Å². The second-order valence-electron chi connectivity index (χ2n) is 8.93. The van der Waals surface area contributed by atoms with Crippen LogP contribution in [0.15, 0.2) is 60.7 Å². The zero-order chi connectivity index (χ0) is 28.9. The van der Waals surface area contributed by atoms with Gasteiger partial charge in [-0.05, 0) is 22.6 Å². The maximum absolute atomic E-state index is 12.8. The van der Waals surface area contributed by atoms with Gasteiger partial charge in [-0.1, -0.05) is 83.3 Å². The van der Waals surface area contributed by atoms with Crippen molar-refractivity contribution in [1.29, 1.82) is 0 Å². The van der Waals surface area contributed by atoms with Gasteiger partial charge >= 0.3 is 0 Å². The van der Waals surface area contributed by atoms with E-state index in [1.165, 1.54) is 22.7 Å². The minimum atomic E-state index is -0.422. The van der Waals surface area contributed by atoms with Crippen molar-refractivity contribution in [2.75, 3.05) is 49.6 Å². The lowest BCUT2D eigenvalue weighted by Gasteiger charge is -2.15. The van der Waals surface area contributed by atoms with Crippen LogP contribution >= 0.6 is 34.4 Å². The molecule has 2 aromatic carbocycles. The predicted molar refractivity (Wildman–Crippen MR) is 164 cm³/mol. The number of nitrogens with zero attached hydrogens (tertiary/aromatic N) is 4. The van der Waals surface area contributed by atoms with E-state index in [1.807, 2.05) is 60.7 Å². The molecule has 0 radical (unpaired) electrons. The van der Waals surface area contributed by atoms with E-state index < -0.39 is 11.8 Å². The number of aryl methyl sites for hydroxylation is 2. The second kappa shape index (κ2) is 16.3. The largest absolute Gasteiger partial charge is 0.384 e. The molecule has 4 aromatic rings. The van der Waals surface area contributed by atoms with E-state index in [-0.39, 0.29) is 25.0 Å². The van der Waals surface area contributed by atoms with Gasteiger partial charge < -0.3 is 9.47 Å². The number of anilines is 2. The first-order valence-corrected chi connectivity index (χ1v) is 15.8. The van der Waals surface area contributed by atoms with Crippen molar-refractivity contribution in [2.45, 2.75) is 24.7 Å². The summed E-state index contributed by atoms with van der Waals surface area (Å²) in [5.74, 6) is 0.533. The van der Waals surface area contributed by atoms with E-state index in [2.05, 4.69) is 31.0 Å². The highest BCUT2D eigenvalue weighted by Crippen LogP contribution is 2.24. The smallest absolute Gasteiger partial charge is 0.236 e. The third-order valence-electron chi connectivity index (χ3n) is 6.02. The highest BCUT2D eigenvalue weighted by Gasteiger charge is 2.23. The number of nitrogens with one attached hydrogen (secondary N) is 2. The highest BCUT2D eigenvalue weighted by molar-refractivity contribution is 7.99. The number of ether oxygens (including phenoxy) is 2. The fourth-order valence-corrected chi connectivity index (χ4v) is 6.59. The van der Waals surface area contributed by atoms with E-state index in [0.717, 1.165) is 45.5 Å². The second-order valence-corrected chi connectivity index (χ2v) is 12.3. The third kappa shape index (κ3) is 9.40. The van der Waals surface area contributed by atoms with E-state index in [1.54, 1.807) is 26.0 Å². The van der Waals surface area contributed by atoms with Gasteiger partial charge in [0.2, 0.25) is 22.1 Å². The molecule has 0 saturated carbocycles. The Labute approximate surface area is 251 Å². The van der Waals surface area contributed by atoms with Crippen LogP contribution in [0.4, 0.5) is 10.3 Å². The maximum atomic E-state index is 12.8. The van der Waals surface area contributed by atoms with E-state index >= 15 is 0 Å². The Kier molecular flexibility index (Phi) is 12.2. The van der Waals surface area contributed by atoms with Crippen molar-refractivity contribution in [3.63, 3.8) is 0 Å². The molecule has 2 N–H and O–H groups in total. The van der Waals surface area contributed by atoms with Gasteiger partial charge in [-0.3, -0.25) is 20.2 Å². The number of benzene rings is 2. The Hall–Kier alpha value is -3.23. The fourth-order valence-electron chi connectivity index (χ4n) is 3.97. The predicted octanol–water partition coefficient (Wildman–Crippen LogP) is 4.65. The van der Waals surface area contributed by atoms with Crippen molar-refractivity contribution in [3.05, 3.63) is 81.8 Å². The molecule has 0 fully saturated rings. The molecule has 4 rings (SSSR count). The van der Waals surface area contributed by atoms with Crippen LogP contribution in [0.25, 0.3) is 0 Å². The van der Waals surface area contributed by atoms with Gasteiger partial charge in [-0.15, -0.1) is 20.4 Å².